The van der Waals surface area contributed by atoms with Crippen LogP contribution in [-0.4, -0.2) is 20.3 Å². The number of hydrogen-bond acceptors (Lipinski definition) is 3. The predicted octanol–water partition coefficient (Wildman–Crippen LogP) is 1.64. The maximum atomic E-state index is 11.8. The highest BCUT2D eigenvalue weighted by molar-refractivity contribution is 6.01. The van der Waals surface area contributed by atoms with Gasteiger partial charge < -0.3 is 9.88 Å². The zero-order valence-corrected chi connectivity index (χ0v) is 12.1. The van der Waals surface area contributed by atoms with E-state index in [1.807, 2.05) is 20.2 Å². The molecule has 0 aliphatic carbocycles. The van der Waals surface area contributed by atoms with Crippen LogP contribution in [0, 0.1) is 0 Å². The number of hydrogen-bond donors (Lipinski definition) is 1. The minimum atomic E-state index is -0.249. The van der Waals surface area contributed by atoms with Crippen LogP contribution in [0.1, 0.15) is 18.9 Å². The molecule has 2 aromatic rings. The molecule has 0 aliphatic rings. The van der Waals surface area contributed by atoms with Crippen LogP contribution < -0.4 is 10.9 Å². The van der Waals surface area contributed by atoms with E-state index in [2.05, 4.69) is 10.4 Å². The summed E-state index contributed by atoms with van der Waals surface area (Å²) < 4.78 is 3.25. The van der Waals surface area contributed by atoms with E-state index in [0.29, 0.717) is 12.2 Å². The number of anilines is 1. The molecule has 6 heteroatoms. The lowest BCUT2D eigenvalue weighted by Gasteiger charge is -2.07. The van der Waals surface area contributed by atoms with E-state index in [0.717, 1.165) is 12.0 Å². The van der Waals surface area contributed by atoms with Crippen LogP contribution in [0.4, 0.5) is 5.69 Å². The molecule has 0 spiro atoms. The molecule has 0 saturated carbocycles. The van der Waals surface area contributed by atoms with E-state index in [1.54, 1.807) is 33.8 Å². The van der Waals surface area contributed by atoms with Crippen molar-refractivity contribution in [3.05, 3.63) is 52.7 Å². The van der Waals surface area contributed by atoms with Crippen molar-refractivity contribution in [2.75, 3.05) is 5.32 Å². The van der Waals surface area contributed by atoms with Gasteiger partial charge in [-0.2, -0.15) is 5.10 Å². The summed E-state index contributed by atoms with van der Waals surface area (Å²) in [6.07, 6.45) is 9.12. The van der Waals surface area contributed by atoms with E-state index in [-0.39, 0.29) is 11.5 Å². The van der Waals surface area contributed by atoms with Gasteiger partial charge in [0.15, 0.2) is 0 Å². The molecule has 0 aromatic carbocycles. The number of nitrogens with one attached hydrogen (secondary N) is 1. The Kier molecular flexibility index (Phi) is 4.71. The van der Waals surface area contributed by atoms with Gasteiger partial charge in [0, 0.05) is 43.7 Å². The Labute approximate surface area is 122 Å². The standard InChI is InChI=1S/C15H18N4O2/c1-3-8-19-11-13(5-7-15(19)21)17-14(20)6-4-12-9-16-18(2)10-12/h4-7,9-11H,3,8H2,1-2H3,(H,17,20). The van der Waals surface area contributed by atoms with Crippen LogP contribution in [0.5, 0.6) is 0 Å². The SMILES string of the molecule is CCCn1cc(NC(=O)C=Cc2cnn(C)c2)ccc1=O. The summed E-state index contributed by atoms with van der Waals surface area (Å²) in [6.45, 7) is 2.63. The maximum absolute atomic E-state index is 11.8. The molecule has 2 heterocycles. The molecule has 1 N–H and O–H groups in total. The van der Waals surface area contributed by atoms with E-state index in [9.17, 15) is 9.59 Å². The highest BCUT2D eigenvalue weighted by atomic mass is 16.1. The largest absolute Gasteiger partial charge is 0.321 e. The molecule has 0 aliphatic heterocycles. The highest BCUT2D eigenvalue weighted by Crippen LogP contribution is 2.05. The van der Waals surface area contributed by atoms with Crippen LogP contribution in [0.3, 0.4) is 0 Å². The molecular weight excluding hydrogens is 268 g/mol. The van der Waals surface area contributed by atoms with E-state index < -0.39 is 0 Å². The van der Waals surface area contributed by atoms with Gasteiger partial charge in [0.25, 0.3) is 5.56 Å². The topological polar surface area (TPSA) is 68.9 Å². The van der Waals surface area contributed by atoms with Crippen molar-refractivity contribution in [1.82, 2.24) is 14.3 Å². The minimum Gasteiger partial charge on any atom is -0.321 e. The van der Waals surface area contributed by atoms with Gasteiger partial charge in [-0.3, -0.25) is 14.3 Å². The van der Waals surface area contributed by atoms with Crippen molar-refractivity contribution in [2.24, 2.45) is 7.05 Å². The predicted molar refractivity (Wildman–Crippen MR) is 81.9 cm³/mol. The van der Waals surface area contributed by atoms with Crippen molar-refractivity contribution in [2.45, 2.75) is 19.9 Å². The number of pyridine rings is 1. The van der Waals surface area contributed by atoms with Crippen LogP contribution in [0.15, 0.2) is 41.6 Å². The van der Waals surface area contributed by atoms with E-state index in [4.69, 9.17) is 0 Å². The Balaban J connectivity index is 2.04. The third kappa shape index (κ3) is 4.17. The summed E-state index contributed by atoms with van der Waals surface area (Å²) in [6, 6.07) is 3.06. The number of carbonyl (C=O) groups is 1. The molecule has 1 amide bonds. The monoisotopic (exact) mass is 286 g/mol. The second kappa shape index (κ2) is 6.69. The van der Waals surface area contributed by atoms with Gasteiger partial charge in [-0.1, -0.05) is 6.92 Å². The summed E-state index contributed by atoms with van der Waals surface area (Å²) in [5.74, 6) is -0.249. The van der Waals surface area contributed by atoms with Crippen LogP contribution >= 0.6 is 0 Å². The quantitative estimate of drug-likeness (QED) is 0.850. The number of carbonyl (C=O) groups excluding carboxylic acids is 1. The van der Waals surface area contributed by atoms with Crippen molar-refractivity contribution in [3.8, 4) is 0 Å². The molecule has 0 radical (unpaired) electrons. The number of rotatable bonds is 5. The smallest absolute Gasteiger partial charge is 0.250 e. The first-order valence-corrected chi connectivity index (χ1v) is 6.76. The van der Waals surface area contributed by atoms with Gasteiger partial charge in [0.05, 0.1) is 11.9 Å². The Morgan fingerprint density at radius 1 is 1.38 bits per heavy atom. The lowest BCUT2D eigenvalue weighted by Crippen LogP contribution is -2.19. The van der Waals surface area contributed by atoms with E-state index >= 15 is 0 Å². The highest BCUT2D eigenvalue weighted by Gasteiger charge is 2.01. The second-order valence-corrected chi connectivity index (χ2v) is 4.72. The fourth-order valence-electron chi connectivity index (χ4n) is 1.90. The summed E-state index contributed by atoms with van der Waals surface area (Å²) in [4.78, 5) is 23.4. The van der Waals surface area contributed by atoms with Gasteiger partial charge in [-0.05, 0) is 18.6 Å². The Bertz CT molecular complexity index is 712. The Morgan fingerprint density at radius 3 is 2.86 bits per heavy atom. The third-order valence-electron chi connectivity index (χ3n) is 2.87. The molecule has 2 rings (SSSR count). The first-order chi connectivity index (χ1) is 10.1. The van der Waals surface area contributed by atoms with Crippen LogP contribution in [-0.2, 0) is 18.4 Å². The first-order valence-electron chi connectivity index (χ1n) is 6.76. The van der Waals surface area contributed by atoms with Crippen molar-refractivity contribution >= 4 is 17.7 Å². The third-order valence-corrected chi connectivity index (χ3v) is 2.87. The van der Waals surface area contributed by atoms with Gasteiger partial charge in [-0.25, -0.2) is 0 Å². The zero-order valence-electron chi connectivity index (χ0n) is 12.1. The lowest BCUT2D eigenvalue weighted by molar-refractivity contribution is -0.111. The summed E-state index contributed by atoms with van der Waals surface area (Å²) >= 11 is 0. The van der Waals surface area contributed by atoms with Crippen molar-refractivity contribution in [1.29, 1.82) is 0 Å². The number of nitrogens with zero attached hydrogens (tertiary/aromatic N) is 3. The molecule has 2 aromatic heterocycles. The van der Waals surface area contributed by atoms with E-state index in [1.165, 1.54) is 12.1 Å². The van der Waals surface area contributed by atoms with Gasteiger partial charge in [-0.15, -0.1) is 0 Å². The number of amides is 1. The molecule has 0 saturated heterocycles. The van der Waals surface area contributed by atoms with Crippen molar-refractivity contribution < 1.29 is 4.79 Å². The second-order valence-electron chi connectivity index (χ2n) is 4.72. The van der Waals surface area contributed by atoms with Crippen LogP contribution in [0.2, 0.25) is 0 Å². The normalized spacial score (nSPS) is 11.0. The first kappa shape index (κ1) is 14.8. The van der Waals surface area contributed by atoms with Gasteiger partial charge in [0.2, 0.25) is 5.91 Å². The fraction of sp³-hybridized carbons (Fsp3) is 0.267. The maximum Gasteiger partial charge on any atom is 0.250 e. The Hall–Kier alpha value is -2.63. The molecule has 0 fully saturated rings. The van der Waals surface area contributed by atoms with Gasteiger partial charge >= 0.3 is 0 Å². The fourth-order valence-corrected chi connectivity index (χ4v) is 1.90. The molecule has 0 atom stereocenters. The molecular formula is C15H18N4O2. The number of aromatic nitrogens is 3. The molecule has 110 valence electrons. The average molecular weight is 286 g/mol. The number of aryl methyl sites for hydroxylation is 2. The summed E-state index contributed by atoms with van der Waals surface area (Å²) in [5.41, 5.74) is 1.38. The summed E-state index contributed by atoms with van der Waals surface area (Å²) in [7, 11) is 1.81. The molecule has 21 heavy (non-hydrogen) atoms. The minimum absolute atomic E-state index is 0.0687. The lowest BCUT2D eigenvalue weighted by atomic mass is 10.3. The Morgan fingerprint density at radius 2 is 2.19 bits per heavy atom. The van der Waals surface area contributed by atoms with Crippen LogP contribution in [0.25, 0.3) is 6.08 Å². The molecule has 6 nitrogen and oxygen atoms in total. The average Bonchev–Trinajstić information content (AvgIpc) is 2.86. The molecule has 0 bridgehead atoms. The van der Waals surface area contributed by atoms with Gasteiger partial charge in [0.1, 0.15) is 0 Å². The van der Waals surface area contributed by atoms with Crippen molar-refractivity contribution in [3.63, 3.8) is 0 Å². The zero-order chi connectivity index (χ0) is 15.2. The molecule has 0 unspecified atom stereocenters. The summed E-state index contributed by atoms with van der Waals surface area (Å²) in [5, 5.41) is 6.75.